The van der Waals surface area contributed by atoms with Gasteiger partial charge in [-0.25, -0.2) is 4.39 Å². The molecule has 0 bridgehead atoms. The van der Waals surface area contributed by atoms with Gasteiger partial charge in [0.15, 0.2) is 0 Å². The first-order chi connectivity index (χ1) is 13.0. The van der Waals surface area contributed by atoms with Crippen LogP contribution in [0, 0.1) is 5.82 Å². The van der Waals surface area contributed by atoms with E-state index in [1.165, 1.54) is 0 Å². The zero-order chi connectivity index (χ0) is 20.9. The van der Waals surface area contributed by atoms with Crippen molar-refractivity contribution in [3.05, 3.63) is 78.6 Å². The van der Waals surface area contributed by atoms with E-state index in [0.29, 0.717) is 10.5 Å². The minimum absolute atomic E-state index is 0.277. The molecular weight excluding hydrogens is 416 g/mol. The first-order valence-corrected chi connectivity index (χ1v) is 9.57. The highest BCUT2D eigenvalue weighted by molar-refractivity contribution is 7.86. The van der Waals surface area contributed by atoms with Crippen LogP contribution in [0.1, 0.15) is 0 Å². The summed E-state index contributed by atoms with van der Waals surface area (Å²) >= 11 is 4.20. The van der Waals surface area contributed by atoms with Gasteiger partial charge < -0.3 is 0 Å². The number of hydrogen-bond acceptors (Lipinski definition) is 3. The monoisotopic (exact) mass is 430 g/mol. The molecule has 0 aliphatic carbocycles. The van der Waals surface area contributed by atoms with Gasteiger partial charge in [-0.15, -0.1) is 12.6 Å². The van der Waals surface area contributed by atoms with E-state index in [0.717, 1.165) is 16.7 Å². The molecule has 0 saturated heterocycles. The molecule has 0 heterocycles. The van der Waals surface area contributed by atoms with Gasteiger partial charge in [0.05, 0.1) is 0 Å². The number of halogens is 4. The van der Waals surface area contributed by atoms with E-state index in [9.17, 15) is 17.6 Å². The van der Waals surface area contributed by atoms with Crippen molar-refractivity contribution < 1.29 is 30.5 Å². The second kappa shape index (κ2) is 8.76. The third kappa shape index (κ3) is 5.34. The van der Waals surface area contributed by atoms with E-state index in [4.69, 9.17) is 13.0 Å². The molecule has 0 aromatic heterocycles. The van der Waals surface area contributed by atoms with Gasteiger partial charge in [0.2, 0.25) is 0 Å². The van der Waals surface area contributed by atoms with Gasteiger partial charge >= 0.3 is 15.6 Å². The minimum Gasteiger partial charge on any atom is -0.279 e. The Morgan fingerprint density at radius 2 is 1.21 bits per heavy atom. The zero-order valence-corrected chi connectivity index (χ0v) is 15.8. The summed E-state index contributed by atoms with van der Waals surface area (Å²) in [7, 11) is -5.84. The van der Waals surface area contributed by atoms with Crippen LogP contribution in [0.2, 0.25) is 0 Å². The molecule has 3 rings (SSSR count). The Balaban J connectivity index is 0.000000300. The topological polar surface area (TPSA) is 54.4 Å². The van der Waals surface area contributed by atoms with E-state index in [1.54, 1.807) is 6.07 Å². The van der Waals surface area contributed by atoms with E-state index < -0.39 is 15.6 Å². The molecule has 0 radical (unpaired) electrons. The third-order valence-electron chi connectivity index (χ3n) is 3.56. The summed E-state index contributed by atoms with van der Waals surface area (Å²) < 4.78 is 72.1. The van der Waals surface area contributed by atoms with Crippen LogP contribution in [0.15, 0.2) is 77.7 Å². The number of rotatable bonds is 2. The fourth-order valence-electron chi connectivity index (χ4n) is 2.31. The van der Waals surface area contributed by atoms with Gasteiger partial charge in [0.25, 0.3) is 0 Å². The first kappa shape index (κ1) is 21.9. The molecule has 3 aromatic carbocycles. The Morgan fingerprint density at radius 1 is 0.786 bits per heavy atom. The Bertz CT molecular complexity index is 1040. The van der Waals surface area contributed by atoms with Gasteiger partial charge in [-0.3, -0.25) is 4.55 Å². The summed E-state index contributed by atoms with van der Waals surface area (Å²) in [5, 5.41) is 0. The summed E-state index contributed by atoms with van der Waals surface area (Å²) in [6.07, 6.45) is 0. The Hall–Kier alpha value is -2.36. The molecule has 148 valence electrons. The molecule has 3 nitrogen and oxygen atoms in total. The molecule has 0 aliphatic heterocycles. The maximum Gasteiger partial charge on any atom is 0.522 e. The molecule has 0 amide bonds. The fourth-order valence-corrected chi connectivity index (χ4v) is 2.50. The van der Waals surface area contributed by atoms with E-state index in [1.807, 2.05) is 66.7 Å². The normalized spacial score (nSPS) is 11.5. The van der Waals surface area contributed by atoms with Crippen molar-refractivity contribution in [2.24, 2.45) is 0 Å². The molecule has 28 heavy (non-hydrogen) atoms. The van der Waals surface area contributed by atoms with E-state index in [2.05, 4.69) is 12.6 Å². The molecule has 0 aliphatic rings. The number of thiol groups is 1. The third-order valence-corrected chi connectivity index (χ3v) is 4.49. The molecule has 1 N–H and O–H groups in total. The van der Waals surface area contributed by atoms with Gasteiger partial charge in [0.1, 0.15) is 5.82 Å². The van der Waals surface area contributed by atoms with Gasteiger partial charge in [-0.2, -0.15) is 21.6 Å². The maximum atomic E-state index is 14.6. The predicted molar refractivity (Wildman–Crippen MR) is 102 cm³/mol. The smallest absolute Gasteiger partial charge is 0.279 e. The van der Waals surface area contributed by atoms with Crippen LogP contribution in [0.3, 0.4) is 0 Å². The van der Waals surface area contributed by atoms with Crippen molar-refractivity contribution in [3.63, 3.8) is 0 Å². The zero-order valence-electron chi connectivity index (χ0n) is 14.1. The molecule has 3 aromatic rings. The number of hydrogen-bond donors (Lipinski definition) is 2. The molecule has 0 unspecified atom stereocenters. The quantitative estimate of drug-likeness (QED) is 0.232. The van der Waals surface area contributed by atoms with Crippen molar-refractivity contribution in [1.29, 1.82) is 0 Å². The van der Waals surface area contributed by atoms with Crippen LogP contribution in [0.25, 0.3) is 22.3 Å². The summed E-state index contributed by atoms with van der Waals surface area (Å²) in [5.41, 5.74) is -2.19. The summed E-state index contributed by atoms with van der Waals surface area (Å²) in [4.78, 5) is 0.364. The summed E-state index contributed by atoms with van der Waals surface area (Å²) in [6.45, 7) is 0. The van der Waals surface area contributed by atoms with Crippen LogP contribution < -0.4 is 0 Å². The molecule has 0 atom stereocenters. The molecule has 0 saturated carbocycles. The van der Waals surface area contributed by atoms with Crippen molar-refractivity contribution in [2.75, 3.05) is 0 Å². The largest absolute Gasteiger partial charge is 0.522 e. The lowest BCUT2D eigenvalue weighted by molar-refractivity contribution is -0.0510. The van der Waals surface area contributed by atoms with Crippen molar-refractivity contribution in [2.45, 2.75) is 10.4 Å². The number of benzene rings is 3. The highest BCUT2D eigenvalue weighted by atomic mass is 32.2. The van der Waals surface area contributed by atoms with Gasteiger partial charge in [-0.05, 0) is 22.8 Å². The Kier molecular flexibility index (Phi) is 6.87. The lowest BCUT2D eigenvalue weighted by Gasteiger charge is -2.13. The molecular formula is C19H14F4O3S2. The average Bonchev–Trinajstić information content (AvgIpc) is 2.64. The maximum absolute atomic E-state index is 14.6. The molecule has 9 heteroatoms. The lowest BCUT2D eigenvalue weighted by atomic mass is 9.94. The SMILES string of the molecule is Fc1c(S)ccc(-c2ccccc2)c1-c1ccccc1.O=S(=O)(O)C(F)(F)F. The Morgan fingerprint density at radius 3 is 1.64 bits per heavy atom. The second-order valence-corrected chi connectivity index (χ2v) is 7.37. The Labute approximate surface area is 164 Å². The highest BCUT2D eigenvalue weighted by Gasteiger charge is 2.44. The minimum atomic E-state index is -5.84. The van der Waals surface area contributed by atoms with Crippen LogP contribution in [0.5, 0.6) is 0 Å². The lowest BCUT2D eigenvalue weighted by Crippen LogP contribution is -2.21. The van der Waals surface area contributed by atoms with Crippen molar-refractivity contribution >= 4 is 22.7 Å². The van der Waals surface area contributed by atoms with Crippen molar-refractivity contribution in [1.82, 2.24) is 0 Å². The van der Waals surface area contributed by atoms with Crippen LogP contribution in [0.4, 0.5) is 17.6 Å². The standard InChI is InChI=1S/C18H13FS.CHF3O3S/c19-18-16(20)12-11-15(13-7-3-1-4-8-13)17(18)14-9-5-2-6-10-14;2-1(3,4)8(5,6)7/h1-12,20H;(H,5,6,7). The van der Waals surface area contributed by atoms with E-state index in [-0.39, 0.29) is 5.82 Å². The fraction of sp³-hybridized carbons (Fsp3) is 0.0526. The van der Waals surface area contributed by atoms with Crippen LogP contribution in [-0.2, 0) is 10.1 Å². The van der Waals surface area contributed by atoms with Gasteiger partial charge in [-0.1, -0.05) is 66.7 Å². The number of alkyl halides is 3. The van der Waals surface area contributed by atoms with E-state index >= 15 is 0 Å². The molecule has 0 fully saturated rings. The first-order valence-electron chi connectivity index (χ1n) is 7.68. The van der Waals surface area contributed by atoms with Crippen LogP contribution in [-0.4, -0.2) is 18.5 Å². The summed E-state index contributed by atoms with van der Waals surface area (Å²) in [6, 6.07) is 23.0. The predicted octanol–water partition coefficient (Wildman–Crippen LogP) is 5.84. The summed E-state index contributed by atoms with van der Waals surface area (Å²) in [5.74, 6) is -0.277. The second-order valence-electron chi connectivity index (χ2n) is 5.47. The molecule has 0 spiro atoms. The van der Waals surface area contributed by atoms with Crippen LogP contribution >= 0.6 is 12.6 Å². The average molecular weight is 430 g/mol. The highest BCUT2D eigenvalue weighted by Crippen LogP contribution is 2.36. The van der Waals surface area contributed by atoms with Gasteiger partial charge in [0, 0.05) is 10.5 Å². The van der Waals surface area contributed by atoms with Crippen molar-refractivity contribution in [3.8, 4) is 22.3 Å².